The topological polar surface area (TPSA) is 68.0 Å². The molecule has 6 heteroatoms. The quantitative estimate of drug-likeness (QED) is 0.907. The van der Waals surface area contributed by atoms with Crippen molar-refractivity contribution in [3.8, 4) is 0 Å². The molecule has 98 valence electrons. The maximum atomic E-state index is 13.6. The average molecular weight is 280 g/mol. The number of aromatic nitrogens is 1. The van der Waals surface area contributed by atoms with E-state index >= 15 is 0 Å². The molecule has 1 heterocycles. The first-order valence-corrected chi connectivity index (χ1v) is 5.90. The molecule has 1 amide bonds. The number of hydrogen-bond donors (Lipinski definition) is 2. The Bertz CT molecular complexity index is 619. The van der Waals surface area contributed by atoms with Crippen molar-refractivity contribution in [1.29, 1.82) is 0 Å². The molecule has 3 N–H and O–H groups in total. The van der Waals surface area contributed by atoms with E-state index in [0.717, 1.165) is 0 Å². The monoisotopic (exact) mass is 279 g/mol. The SMILES string of the molecule is NCc1cc(C(=O)Nc2cccc(Cl)c2F)ccn1. The molecule has 0 spiro atoms. The number of hydrogen-bond acceptors (Lipinski definition) is 3. The van der Waals surface area contributed by atoms with Gasteiger partial charge in [0.15, 0.2) is 5.82 Å². The van der Waals surface area contributed by atoms with Gasteiger partial charge in [0, 0.05) is 18.3 Å². The number of pyridine rings is 1. The molecule has 0 aliphatic heterocycles. The van der Waals surface area contributed by atoms with Crippen molar-refractivity contribution in [3.63, 3.8) is 0 Å². The Labute approximate surface area is 114 Å². The highest BCUT2D eigenvalue weighted by Gasteiger charge is 2.11. The molecule has 4 nitrogen and oxygen atoms in total. The maximum Gasteiger partial charge on any atom is 0.255 e. The van der Waals surface area contributed by atoms with Crippen LogP contribution in [-0.4, -0.2) is 10.9 Å². The summed E-state index contributed by atoms with van der Waals surface area (Å²) < 4.78 is 13.6. The van der Waals surface area contributed by atoms with Gasteiger partial charge in [-0.05, 0) is 24.3 Å². The minimum absolute atomic E-state index is 0.0311. The average Bonchev–Trinajstić information content (AvgIpc) is 2.44. The Hall–Kier alpha value is -1.98. The van der Waals surface area contributed by atoms with Crippen LogP contribution in [0.2, 0.25) is 5.02 Å². The first-order valence-electron chi connectivity index (χ1n) is 5.52. The summed E-state index contributed by atoms with van der Waals surface area (Å²) in [6.45, 7) is 0.229. The van der Waals surface area contributed by atoms with Crippen LogP contribution < -0.4 is 11.1 Å². The molecule has 1 aromatic heterocycles. The van der Waals surface area contributed by atoms with Gasteiger partial charge in [-0.1, -0.05) is 17.7 Å². The molecular formula is C13H11ClFN3O. The molecule has 0 saturated heterocycles. The van der Waals surface area contributed by atoms with Crippen LogP contribution in [0.3, 0.4) is 0 Å². The molecule has 2 rings (SSSR count). The van der Waals surface area contributed by atoms with Crippen molar-refractivity contribution in [2.75, 3.05) is 5.32 Å². The van der Waals surface area contributed by atoms with Gasteiger partial charge in [0.1, 0.15) is 0 Å². The summed E-state index contributed by atoms with van der Waals surface area (Å²) in [5.41, 5.74) is 6.41. The molecule has 0 atom stereocenters. The van der Waals surface area contributed by atoms with E-state index in [1.807, 2.05) is 0 Å². The lowest BCUT2D eigenvalue weighted by Gasteiger charge is -2.07. The fraction of sp³-hybridized carbons (Fsp3) is 0.0769. The van der Waals surface area contributed by atoms with E-state index in [2.05, 4.69) is 10.3 Å². The van der Waals surface area contributed by atoms with Crippen LogP contribution in [-0.2, 0) is 6.54 Å². The van der Waals surface area contributed by atoms with Crippen LogP contribution in [0.5, 0.6) is 0 Å². The fourth-order valence-electron chi connectivity index (χ4n) is 1.53. The van der Waals surface area contributed by atoms with Gasteiger partial charge < -0.3 is 11.1 Å². The summed E-state index contributed by atoms with van der Waals surface area (Å²) in [7, 11) is 0. The first kappa shape index (κ1) is 13.5. The Morgan fingerprint density at radius 1 is 1.42 bits per heavy atom. The zero-order valence-corrected chi connectivity index (χ0v) is 10.6. The van der Waals surface area contributed by atoms with Crippen LogP contribution >= 0.6 is 11.6 Å². The molecular weight excluding hydrogens is 269 g/mol. The number of anilines is 1. The minimum atomic E-state index is -0.661. The number of nitrogens with two attached hydrogens (primary N) is 1. The Morgan fingerprint density at radius 2 is 2.21 bits per heavy atom. The number of amides is 1. The van der Waals surface area contributed by atoms with E-state index in [1.165, 1.54) is 24.4 Å². The molecule has 1 aromatic carbocycles. The number of rotatable bonds is 3. The minimum Gasteiger partial charge on any atom is -0.325 e. The number of nitrogens with zero attached hydrogens (tertiary/aromatic N) is 1. The molecule has 0 saturated carbocycles. The molecule has 0 aliphatic rings. The summed E-state index contributed by atoms with van der Waals surface area (Å²) in [6.07, 6.45) is 1.48. The third-order valence-corrected chi connectivity index (χ3v) is 2.78. The Balaban J connectivity index is 2.23. The lowest BCUT2D eigenvalue weighted by atomic mass is 10.2. The second-order valence-electron chi connectivity index (χ2n) is 3.80. The summed E-state index contributed by atoms with van der Waals surface area (Å²) in [6, 6.07) is 7.48. The van der Waals surface area contributed by atoms with Gasteiger partial charge in [0.25, 0.3) is 5.91 Å². The van der Waals surface area contributed by atoms with E-state index < -0.39 is 11.7 Å². The molecule has 0 unspecified atom stereocenters. The smallest absolute Gasteiger partial charge is 0.255 e. The zero-order chi connectivity index (χ0) is 13.8. The van der Waals surface area contributed by atoms with Crippen LogP contribution in [0.15, 0.2) is 36.5 Å². The van der Waals surface area contributed by atoms with Crippen LogP contribution in [0, 0.1) is 5.82 Å². The number of benzene rings is 1. The van der Waals surface area contributed by atoms with Crippen LogP contribution in [0.1, 0.15) is 16.1 Å². The molecule has 0 radical (unpaired) electrons. The fourth-order valence-corrected chi connectivity index (χ4v) is 1.70. The Morgan fingerprint density at radius 3 is 2.95 bits per heavy atom. The third kappa shape index (κ3) is 3.07. The van der Waals surface area contributed by atoms with Crippen molar-refractivity contribution in [3.05, 3.63) is 58.6 Å². The largest absolute Gasteiger partial charge is 0.325 e. The maximum absolute atomic E-state index is 13.6. The number of carbonyl (C=O) groups is 1. The zero-order valence-electron chi connectivity index (χ0n) is 9.86. The summed E-state index contributed by atoms with van der Waals surface area (Å²) in [4.78, 5) is 15.9. The molecule has 0 fully saturated rings. The van der Waals surface area contributed by atoms with E-state index in [0.29, 0.717) is 11.3 Å². The third-order valence-electron chi connectivity index (χ3n) is 2.49. The summed E-state index contributed by atoms with van der Waals surface area (Å²) in [5.74, 6) is -1.11. The van der Waals surface area contributed by atoms with E-state index in [4.69, 9.17) is 17.3 Å². The molecule has 2 aromatic rings. The first-order chi connectivity index (χ1) is 9.11. The van der Waals surface area contributed by atoms with Crippen molar-refractivity contribution in [2.45, 2.75) is 6.54 Å². The van der Waals surface area contributed by atoms with Crippen molar-refractivity contribution >= 4 is 23.2 Å². The molecule has 19 heavy (non-hydrogen) atoms. The molecule has 0 bridgehead atoms. The van der Waals surface area contributed by atoms with Crippen molar-refractivity contribution in [2.24, 2.45) is 5.73 Å². The number of nitrogens with one attached hydrogen (secondary N) is 1. The lowest BCUT2D eigenvalue weighted by Crippen LogP contribution is -2.14. The highest BCUT2D eigenvalue weighted by atomic mass is 35.5. The summed E-state index contributed by atoms with van der Waals surface area (Å²) >= 11 is 5.64. The van der Waals surface area contributed by atoms with Gasteiger partial charge in [-0.15, -0.1) is 0 Å². The van der Waals surface area contributed by atoms with Crippen molar-refractivity contribution in [1.82, 2.24) is 4.98 Å². The van der Waals surface area contributed by atoms with Crippen LogP contribution in [0.25, 0.3) is 0 Å². The normalized spacial score (nSPS) is 10.3. The van der Waals surface area contributed by atoms with E-state index in [9.17, 15) is 9.18 Å². The van der Waals surface area contributed by atoms with Gasteiger partial charge in [0.05, 0.1) is 16.4 Å². The Kier molecular flexibility index (Phi) is 4.09. The van der Waals surface area contributed by atoms with Gasteiger partial charge in [-0.2, -0.15) is 0 Å². The van der Waals surface area contributed by atoms with E-state index in [-0.39, 0.29) is 17.3 Å². The standard InChI is InChI=1S/C13H11ClFN3O/c14-10-2-1-3-11(12(10)15)18-13(19)8-4-5-17-9(6-8)7-16/h1-6H,7,16H2,(H,18,19). The van der Waals surface area contributed by atoms with Gasteiger partial charge in [0.2, 0.25) is 0 Å². The summed E-state index contributed by atoms with van der Waals surface area (Å²) in [5, 5.41) is 2.41. The highest BCUT2D eigenvalue weighted by molar-refractivity contribution is 6.31. The van der Waals surface area contributed by atoms with Gasteiger partial charge >= 0.3 is 0 Å². The predicted octanol–water partition coefficient (Wildman–Crippen LogP) is 2.59. The van der Waals surface area contributed by atoms with Gasteiger partial charge in [-0.3, -0.25) is 9.78 Å². The van der Waals surface area contributed by atoms with Crippen molar-refractivity contribution < 1.29 is 9.18 Å². The lowest BCUT2D eigenvalue weighted by molar-refractivity contribution is 0.102. The molecule has 0 aliphatic carbocycles. The van der Waals surface area contributed by atoms with Gasteiger partial charge in [-0.25, -0.2) is 4.39 Å². The van der Waals surface area contributed by atoms with E-state index in [1.54, 1.807) is 12.1 Å². The number of carbonyl (C=O) groups excluding carboxylic acids is 1. The highest BCUT2D eigenvalue weighted by Crippen LogP contribution is 2.22. The predicted molar refractivity (Wildman–Crippen MR) is 71.5 cm³/mol. The van der Waals surface area contributed by atoms with Crippen LogP contribution in [0.4, 0.5) is 10.1 Å². The second-order valence-corrected chi connectivity index (χ2v) is 4.20. The second kappa shape index (κ2) is 5.77. The number of halogens is 2.